The Morgan fingerprint density at radius 3 is 2.61 bits per heavy atom. The number of nitro groups is 1. The molecule has 0 aliphatic rings. The molecule has 1 N–H and O–H groups in total. The highest BCUT2D eigenvalue weighted by atomic mass is 32.2. The largest absolute Gasteiger partial charge is 0.490 e. The first-order chi connectivity index (χ1) is 13.2. The lowest BCUT2D eigenvalue weighted by Gasteiger charge is -2.12. The summed E-state index contributed by atoms with van der Waals surface area (Å²) in [5, 5.41) is 14.8. The number of para-hydroxylation sites is 1. The predicted octanol–water partition coefficient (Wildman–Crippen LogP) is 2.23. The number of nitro benzene ring substituents is 1. The van der Waals surface area contributed by atoms with Crippen LogP contribution in [0.1, 0.15) is 19.4 Å². The number of hydrogen-bond acceptors (Lipinski definition) is 8. The van der Waals surface area contributed by atoms with E-state index < -0.39 is 25.6 Å². The minimum Gasteiger partial charge on any atom is -0.490 e. The van der Waals surface area contributed by atoms with Crippen LogP contribution in [0.4, 0.5) is 5.69 Å². The number of hydrazone groups is 1. The average Bonchev–Trinajstić information content (AvgIpc) is 2.63. The van der Waals surface area contributed by atoms with Crippen LogP contribution >= 0.6 is 0 Å². The van der Waals surface area contributed by atoms with Gasteiger partial charge in [-0.2, -0.15) is 13.5 Å². The number of rotatable bonds is 8. The highest BCUT2D eigenvalue weighted by Gasteiger charge is 2.28. The first-order valence-electron chi connectivity index (χ1n) is 7.99. The zero-order valence-corrected chi connectivity index (χ0v) is 15.8. The normalized spacial score (nSPS) is 11.2. The van der Waals surface area contributed by atoms with E-state index in [-0.39, 0.29) is 24.0 Å². The van der Waals surface area contributed by atoms with Gasteiger partial charge >= 0.3 is 10.1 Å². The fraction of sp³-hybridized carbons (Fsp3) is 0.176. The summed E-state index contributed by atoms with van der Waals surface area (Å²) < 4.78 is 35.6. The summed E-state index contributed by atoms with van der Waals surface area (Å²) in [6, 6.07) is 9.13. The number of amides is 1. The van der Waals surface area contributed by atoms with E-state index in [1.54, 1.807) is 6.92 Å². The average molecular weight is 407 g/mol. The molecule has 0 heterocycles. The predicted molar refractivity (Wildman–Crippen MR) is 99.9 cm³/mol. The van der Waals surface area contributed by atoms with E-state index in [2.05, 4.69) is 10.5 Å². The molecule has 0 bridgehead atoms. The second-order valence-electron chi connectivity index (χ2n) is 5.33. The van der Waals surface area contributed by atoms with Crippen LogP contribution in [-0.2, 0) is 14.9 Å². The van der Waals surface area contributed by atoms with E-state index >= 15 is 0 Å². The Morgan fingerprint density at radius 1 is 1.25 bits per heavy atom. The third-order valence-corrected chi connectivity index (χ3v) is 4.52. The number of benzene rings is 2. The standard InChI is InChI=1S/C17H17N3O7S/c1-3-26-16-10-13(11-18-19-12(2)21)8-9-15(16)27-28(24,25)17-7-5-4-6-14(17)20(22)23/h4-11H,3H2,1-2H3,(H,19,21)/b18-11+. The van der Waals surface area contributed by atoms with Crippen LogP contribution in [0.15, 0.2) is 52.5 Å². The quantitative estimate of drug-likeness (QED) is 0.306. The summed E-state index contributed by atoms with van der Waals surface area (Å²) in [5.41, 5.74) is 2.14. The molecule has 0 aromatic heterocycles. The zero-order valence-electron chi connectivity index (χ0n) is 15.0. The molecule has 148 valence electrons. The maximum absolute atomic E-state index is 12.6. The van der Waals surface area contributed by atoms with Crippen molar-refractivity contribution in [1.29, 1.82) is 0 Å². The maximum Gasteiger partial charge on any atom is 0.346 e. The summed E-state index contributed by atoms with van der Waals surface area (Å²) >= 11 is 0. The van der Waals surface area contributed by atoms with E-state index in [0.717, 1.165) is 12.1 Å². The molecule has 10 nitrogen and oxygen atoms in total. The number of ether oxygens (including phenoxy) is 1. The van der Waals surface area contributed by atoms with Crippen molar-refractivity contribution < 1.29 is 27.1 Å². The maximum atomic E-state index is 12.6. The second kappa shape index (κ2) is 8.95. The first-order valence-corrected chi connectivity index (χ1v) is 9.40. The molecule has 0 spiro atoms. The van der Waals surface area contributed by atoms with Gasteiger partial charge in [-0.15, -0.1) is 0 Å². The molecule has 0 aliphatic carbocycles. The molecule has 28 heavy (non-hydrogen) atoms. The van der Waals surface area contributed by atoms with Crippen LogP contribution in [0.2, 0.25) is 0 Å². The van der Waals surface area contributed by atoms with E-state index in [1.807, 2.05) is 0 Å². The van der Waals surface area contributed by atoms with Gasteiger partial charge in [0.15, 0.2) is 16.4 Å². The van der Waals surface area contributed by atoms with Crippen molar-refractivity contribution in [2.24, 2.45) is 5.10 Å². The van der Waals surface area contributed by atoms with Crippen molar-refractivity contribution in [3.63, 3.8) is 0 Å². The lowest BCUT2D eigenvalue weighted by atomic mass is 10.2. The third-order valence-electron chi connectivity index (χ3n) is 3.23. The van der Waals surface area contributed by atoms with E-state index in [1.165, 1.54) is 43.5 Å². The summed E-state index contributed by atoms with van der Waals surface area (Å²) in [6.45, 7) is 3.21. The third kappa shape index (κ3) is 5.27. The van der Waals surface area contributed by atoms with E-state index in [0.29, 0.717) is 5.56 Å². The number of carbonyl (C=O) groups is 1. The Bertz CT molecular complexity index is 1020. The van der Waals surface area contributed by atoms with Crippen LogP contribution in [0.3, 0.4) is 0 Å². The number of nitrogens with zero attached hydrogens (tertiary/aromatic N) is 2. The van der Waals surface area contributed by atoms with E-state index in [4.69, 9.17) is 8.92 Å². The molecule has 0 saturated carbocycles. The molecule has 2 aromatic rings. The van der Waals surface area contributed by atoms with Crippen molar-refractivity contribution >= 4 is 27.9 Å². The lowest BCUT2D eigenvalue weighted by molar-refractivity contribution is -0.387. The van der Waals surface area contributed by atoms with E-state index in [9.17, 15) is 23.3 Å². The smallest absolute Gasteiger partial charge is 0.346 e. The molecule has 0 atom stereocenters. The van der Waals surface area contributed by atoms with Gasteiger partial charge in [-0.3, -0.25) is 14.9 Å². The Balaban J connectivity index is 2.38. The van der Waals surface area contributed by atoms with Gasteiger partial charge < -0.3 is 8.92 Å². The van der Waals surface area contributed by atoms with Crippen LogP contribution in [-0.4, -0.2) is 32.1 Å². The summed E-state index contributed by atoms with van der Waals surface area (Å²) in [4.78, 5) is 20.6. The van der Waals surface area contributed by atoms with Gasteiger partial charge in [0.05, 0.1) is 17.7 Å². The Labute approximate surface area is 161 Å². The molecule has 1 amide bonds. The highest BCUT2D eigenvalue weighted by Crippen LogP contribution is 2.33. The molecule has 0 saturated heterocycles. The topological polar surface area (TPSA) is 137 Å². The molecule has 0 aliphatic heterocycles. The monoisotopic (exact) mass is 407 g/mol. The summed E-state index contributed by atoms with van der Waals surface area (Å²) in [5.74, 6) is -0.398. The highest BCUT2D eigenvalue weighted by molar-refractivity contribution is 7.87. The Hall–Kier alpha value is -3.47. The van der Waals surface area contributed by atoms with Gasteiger partial charge in [0, 0.05) is 13.0 Å². The van der Waals surface area contributed by atoms with Gasteiger partial charge in [0.1, 0.15) is 0 Å². The second-order valence-corrected chi connectivity index (χ2v) is 6.84. The van der Waals surface area contributed by atoms with Crippen molar-refractivity contribution in [2.45, 2.75) is 18.7 Å². The summed E-state index contributed by atoms with van der Waals surface area (Å²) in [6.07, 6.45) is 1.34. The fourth-order valence-electron chi connectivity index (χ4n) is 2.12. The van der Waals surface area contributed by atoms with Crippen molar-refractivity contribution in [2.75, 3.05) is 6.61 Å². The SMILES string of the molecule is CCOc1cc(/C=N/NC(C)=O)ccc1OS(=O)(=O)c1ccccc1[N+](=O)[O-]. The Kier molecular flexibility index (Phi) is 6.66. The van der Waals surface area contributed by atoms with Crippen LogP contribution in [0, 0.1) is 10.1 Å². The molecule has 0 radical (unpaired) electrons. The molecule has 0 fully saturated rings. The number of nitrogens with one attached hydrogen (secondary N) is 1. The van der Waals surface area contributed by atoms with Gasteiger partial charge in [-0.05, 0) is 36.8 Å². The molecule has 11 heteroatoms. The molecular formula is C17H17N3O7S. The minimum atomic E-state index is -4.48. The zero-order chi connectivity index (χ0) is 20.7. The first kappa shape index (κ1) is 20.8. The lowest BCUT2D eigenvalue weighted by Crippen LogP contribution is -2.13. The summed E-state index contributed by atoms with van der Waals surface area (Å²) in [7, 11) is -4.48. The molecule has 0 unspecified atom stereocenters. The van der Waals surface area contributed by atoms with Gasteiger partial charge in [-0.25, -0.2) is 5.43 Å². The number of carbonyl (C=O) groups excluding carboxylic acids is 1. The molecular weight excluding hydrogens is 390 g/mol. The minimum absolute atomic E-state index is 0.0939. The van der Waals surface area contributed by atoms with Crippen molar-refractivity contribution in [3.05, 3.63) is 58.1 Å². The van der Waals surface area contributed by atoms with Crippen LogP contribution < -0.4 is 14.3 Å². The Morgan fingerprint density at radius 2 is 1.96 bits per heavy atom. The number of hydrogen-bond donors (Lipinski definition) is 1. The van der Waals surface area contributed by atoms with Gasteiger partial charge in [0.2, 0.25) is 5.91 Å². The van der Waals surface area contributed by atoms with Crippen molar-refractivity contribution in [3.8, 4) is 11.5 Å². The van der Waals surface area contributed by atoms with Gasteiger partial charge in [0.25, 0.3) is 5.69 Å². The molecule has 2 aromatic carbocycles. The van der Waals surface area contributed by atoms with Crippen LogP contribution in [0.5, 0.6) is 11.5 Å². The van der Waals surface area contributed by atoms with Gasteiger partial charge in [-0.1, -0.05) is 12.1 Å². The van der Waals surface area contributed by atoms with Crippen LogP contribution in [0.25, 0.3) is 0 Å². The fourth-order valence-corrected chi connectivity index (χ4v) is 3.23. The molecule has 2 rings (SSSR count). The van der Waals surface area contributed by atoms with Crippen molar-refractivity contribution in [1.82, 2.24) is 5.43 Å².